The number of ether oxygens (including phenoxy) is 1. The molecule has 2 unspecified atom stereocenters. The third-order valence-corrected chi connectivity index (χ3v) is 4.24. The van der Waals surface area contributed by atoms with Gasteiger partial charge < -0.3 is 10.1 Å². The van der Waals surface area contributed by atoms with Crippen LogP contribution in [0.25, 0.3) is 0 Å². The van der Waals surface area contributed by atoms with Crippen LogP contribution in [0.3, 0.4) is 0 Å². The van der Waals surface area contributed by atoms with Gasteiger partial charge in [0.25, 0.3) is 0 Å². The molecule has 1 N–H and O–H groups in total. The Morgan fingerprint density at radius 3 is 2.90 bits per heavy atom. The monoisotopic (exact) mass is 388 g/mol. The lowest BCUT2D eigenvalue weighted by molar-refractivity contribution is -0.121. The number of benzene rings is 1. The van der Waals surface area contributed by atoms with E-state index in [9.17, 15) is 4.79 Å². The molecule has 20 heavy (non-hydrogen) atoms. The number of epoxide rings is 1. The Bertz CT molecular complexity index is 471. The quantitative estimate of drug-likeness (QED) is 0.636. The molecule has 0 spiro atoms. The Balaban J connectivity index is 1.55. The molecule has 3 atom stereocenters. The third kappa shape index (κ3) is 3.30. The summed E-state index contributed by atoms with van der Waals surface area (Å²) in [6, 6.07) is 9.59. The standard InChI is InChI=1S/C14H17IN2O3/c15-20-14-13(19-14)17-8-4-5-10(9-17)12(18)16-11-6-2-1-3-7-11/h1-3,6-7,10,13-14H,4-5,8-9H2,(H,16,18)/t10-,13?,14?/m1/s1. The topological polar surface area (TPSA) is 54.1 Å². The van der Waals surface area contributed by atoms with E-state index in [0.717, 1.165) is 31.6 Å². The molecule has 0 aromatic heterocycles. The van der Waals surface area contributed by atoms with Gasteiger partial charge >= 0.3 is 0 Å². The highest BCUT2D eigenvalue weighted by Gasteiger charge is 2.46. The van der Waals surface area contributed by atoms with Crippen molar-refractivity contribution in [1.82, 2.24) is 4.90 Å². The number of nitrogens with one attached hydrogen (secondary N) is 1. The van der Waals surface area contributed by atoms with Gasteiger partial charge in [0.2, 0.25) is 12.2 Å². The summed E-state index contributed by atoms with van der Waals surface area (Å²) >= 11 is 1.85. The number of hydrogen-bond donors (Lipinski definition) is 1. The number of para-hydroxylation sites is 1. The molecule has 6 heteroatoms. The molecule has 3 rings (SSSR count). The molecule has 5 nitrogen and oxygen atoms in total. The molecule has 0 radical (unpaired) electrons. The largest absolute Gasteiger partial charge is 0.326 e. The van der Waals surface area contributed by atoms with Crippen LogP contribution >= 0.6 is 23.0 Å². The highest BCUT2D eigenvalue weighted by atomic mass is 127. The van der Waals surface area contributed by atoms with E-state index in [-0.39, 0.29) is 24.3 Å². The predicted molar refractivity (Wildman–Crippen MR) is 83.1 cm³/mol. The van der Waals surface area contributed by atoms with Crippen molar-refractivity contribution in [3.63, 3.8) is 0 Å². The fourth-order valence-corrected chi connectivity index (χ4v) is 3.00. The van der Waals surface area contributed by atoms with E-state index >= 15 is 0 Å². The van der Waals surface area contributed by atoms with Crippen LogP contribution in [0.2, 0.25) is 0 Å². The predicted octanol–water partition coefficient (Wildman–Crippen LogP) is 2.39. The molecular formula is C14H17IN2O3. The zero-order valence-corrected chi connectivity index (χ0v) is 13.2. The number of anilines is 1. The van der Waals surface area contributed by atoms with Gasteiger partial charge in [0.1, 0.15) is 23.0 Å². The summed E-state index contributed by atoms with van der Waals surface area (Å²) in [5.74, 6) is 0.108. The maximum Gasteiger partial charge on any atom is 0.228 e. The van der Waals surface area contributed by atoms with Crippen LogP contribution in [-0.2, 0) is 12.6 Å². The van der Waals surface area contributed by atoms with Crippen molar-refractivity contribution >= 4 is 34.6 Å². The first-order valence-electron chi connectivity index (χ1n) is 6.81. The van der Waals surface area contributed by atoms with Crippen molar-refractivity contribution in [2.24, 2.45) is 5.92 Å². The molecule has 108 valence electrons. The van der Waals surface area contributed by atoms with Crippen molar-refractivity contribution in [2.45, 2.75) is 25.4 Å². The van der Waals surface area contributed by atoms with E-state index in [0.29, 0.717) is 0 Å². The molecular weight excluding hydrogens is 371 g/mol. The van der Waals surface area contributed by atoms with Gasteiger partial charge in [-0.2, -0.15) is 0 Å². The van der Waals surface area contributed by atoms with E-state index in [1.807, 2.05) is 53.3 Å². The molecule has 1 aromatic rings. The molecule has 2 heterocycles. The minimum absolute atomic E-state index is 0.0167. The maximum atomic E-state index is 12.3. The fraction of sp³-hybridized carbons (Fsp3) is 0.500. The second kappa shape index (κ2) is 6.38. The van der Waals surface area contributed by atoms with Crippen molar-refractivity contribution in [3.05, 3.63) is 30.3 Å². The Morgan fingerprint density at radius 1 is 1.40 bits per heavy atom. The summed E-state index contributed by atoms with van der Waals surface area (Å²) in [5, 5.41) is 2.98. The Labute approximate surface area is 132 Å². The van der Waals surface area contributed by atoms with E-state index in [1.165, 1.54) is 0 Å². The van der Waals surface area contributed by atoms with Gasteiger partial charge in [-0.3, -0.25) is 12.8 Å². The number of nitrogens with zero attached hydrogens (tertiary/aromatic N) is 1. The van der Waals surface area contributed by atoms with Crippen LogP contribution in [0, 0.1) is 5.92 Å². The number of carbonyl (C=O) groups is 1. The molecule has 1 aromatic carbocycles. The zero-order valence-electron chi connectivity index (χ0n) is 11.0. The van der Waals surface area contributed by atoms with Crippen molar-refractivity contribution in [3.8, 4) is 0 Å². The SMILES string of the molecule is O=C(Nc1ccccc1)[C@@H]1CCCN(C2OC2OI)C1. The van der Waals surface area contributed by atoms with Crippen LogP contribution in [0.5, 0.6) is 0 Å². The van der Waals surface area contributed by atoms with E-state index in [2.05, 4.69) is 10.2 Å². The molecule has 1 amide bonds. The van der Waals surface area contributed by atoms with Crippen molar-refractivity contribution in [1.29, 1.82) is 0 Å². The summed E-state index contributed by atoms with van der Waals surface area (Å²) in [6.45, 7) is 1.70. The number of piperidine rings is 1. The third-order valence-electron chi connectivity index (χ3n) is 3.74. The van der Waals surface area contributed by atoms with Crippen molar-refractivity contribution in [2.75, 3.05) is 18.4 Å². The lowest BCUT2D eigenvalue weighted by Gasteiger charge is -2.30. The van der Waals surface area contributed by atoms with Crippen LogP contribution < -0.4 is 5.32 Å². The molecule has 2 saturated heterocycles. The van der Waals surface area contributed by atoms with Gasteiger partial charge in [0.05, 0.1) is 5.92 Å². The average Bonchev–Trinajstić information content (AvgIpc) is 3.28. The second-order valence-electron chi connectivity index (χ2n) is 5.17. The normalized spacial score (nSPS) is 29.9. The molecule has 2 fully saturated rings. The number of rotatable bonds is 4. The minimum Gasteiger partial charge on any atom is -0.326 e. The van der Waals surface area contributed by atoms with Crippen LogP contribution in [-0.4, -0.2) is 36.4 Å². The first-order chi connectivity index (χ1) is 9.78. The smallest absolute Gasteiger partial charge is 0.228 e. The number of halogens is 1. The maximum absolute atomic E-state index is 12.3. The fourth-order valence-electron chi connectivity index (χ4n) is 2.63. The summed E-state index contributed by atoms with van der Waals surface area (Å²) in [4.78, 5) is 14.5. The van der Waals surface area contributed by atoms with Gasteiger partial charge in [0, 0.05) is 18.8 Å². The average molecular weight is 388 g/mol. The Morgan fingerprint density at radius 2 is 2.20 bits per heavy atom. The highest BCUT2D eigenvalue weighted by Crippen LogP contribution is 2.32. The number of amides is 1. The van der Waals surface area contributed by atoms with Gasteiger partial charge in [-0.1, -0.05) is 18.2 Å². The lowest BCUT2D eigenvalue weighted by Crippen LogP contribution is -2.42. The van der Waals surface area contributed by atoms with E-state index in [1.54, 1.807) is 0 Å². The second-order valence-corrected chi connectivity index (χ2v) is 5.68. The van der Waals surface area contributed by atoms with Gasteiger partial charge in [-0.15, -0.1) is 0 Å². The minimum atomic E-state index is -0.133. The van der Waals surface area contributed by atoms with E-state index in [4.69, 9.17) is 7.80 Å². The van der Waals surface area contributed by atoms with Gasteiger partial charge in [0.15, 0.2) is 6.23 Å². The Hall–Kier alpha value is -0.700. The molecule has 2 aliphatic heterocycles. The molecule has 0 saturated carbocycles. The van der Waals surface area contributed by atoms with Crippen LogP contribution in [0.4, 0.5) is 5.69 Å². The number of likely N-dealkylation sites (tertiary alicyclic amines) is 1. The number of hydrogen-bond acceptors (Lipinski definition) is 4. The number of carbonyl (C=O) groups excluding carboxylic acids is 1. The first kappa shape index (κ1) is 14.2. The van der Waals surface area contributed by atoms with Crippen LogP contribution in [0.15, 0.2) is 30.3 Å². The Kier molecular flexibility index (Phi) is 4.54. The van der Waals surface area contributed by atoms with Crippen molar-refractivity contribution < 1.29 is 12.6 Å². The summed E-state index contributed by atoms with van der Waals surface area (Å²) < 4.78 is 10.5. The molecule has 0 bridgehead atoms. The summed E-state index contributed by atoms with van der Waals surface area (Å²) in [6.07, 6.45) is 1.84. The molecule has 2 aliphatic rings. The van der Waals surface area contributed by atoms with E-state index < -0.39 is 0 Å². The lowest BCUT2D eigenvalue weighted by atomic mass is 9.97. The van der Waals surface area contributed by atoms with Gasteiger partial charge in [-0.25, -0.2) is 0 Å². The highest BCUT2D eigenvalue weighted by molar-refractivity contribution is 14.1. The van der Waals surface area contributed by atoms with Crippen LogP contribution in [0.1, 0.15) is 12.8 Å². The molecule has 0 aliphatic carbocycles. The summed E-state index contributed by atoms with van der Waals surface area (Å²) in [5.41, 5.74) is 0.853. The van der Waals surface area contributed by atoms with Gasteiger partial charge in [-0.05, 0) is 25.0 Å². The summed E-state index contributed by atoms with van der Waals surface area (Å²) in [7, 11) is 0. The zero-order chi connectivity index (χ0) is 13.9. The first-order valence-corrected chi connectivity index (χ1v) is 7.69.